The fourth-order valence-corrected chi connectivity index (χ4v) is 2.78. The summed E-state index contributed by atoms with van der Waals surface area (Å²) in [6, 6.07) is 13.3. The molecule has 0 unspecified atom stereocenters. The number of hydrogen-bond donors (Lipinski definition) is 0. The summed E-state index contributed by atoms with van der Waals surface area (Å²) >= 11 is 0. The zero-order valence-electron chi connectivity index (χ0n) is 13.0. The third-order valence-corrected chi connectivity index (χ3v) is 3.91. The Morgan fingerprint density at radius 2 is 1.86 bits per heavy atom. The molecule has 0 radical (unpaired) electrons. The molecule has 3 nitrogen and oxygen atoms in total. The van der Waals surface area contributed by atoms with E-state index in [9.17, 15) is 4.79 Å². The molecule has 3 heteroatoms. The van der Waals surface area contributed by atoms with E-state index in [4.69, 9.17) is 9.15 Å². The van der Waals surface area contributed by atoms with E-state index in [1.54, 1.807) is 13.2 Å². The highest BCUT2D eigenvalue weighted by atomic mass is 16.5. The van der Waals surface area contributed by atoms with Crippen LogP contribution in [0.5, 0.6) is 5.75 Å². The minimum Gasteiger partial charge on any atom is -0.496 e. The second-order valence-corrected chi connectivity index (χ2v) is 5.24. The Balaban J connectivity index is 2.36. The molecule has 0 bridgehead atoms. The molecule has 3 aromatic rings. The predicted octanol–water partition coefficient (Wildman–Crippen LogP) is 4.34. The molecular formula is C19H18O3. The second kappa shape index (κ2) is 5.68. The van der Waals surface area contributed by atoms with Gasteiger partial charge in [-0.2, -0.15) is 0 Å². The standard InChI is InChI=1S/C19H18O3/c1-4-13-10-15-17(11-16(13)21-3)22-12(2)18(19(15)20)14-8-6-5-7-9-14/h5-11H,4H2,1-3H3. The van der Waals surface area contributed by atoms with Crippen LogP contribution in [0.1, 0.15) is 18.2 Å². The van der Waals surface area contributed by atoms with Crippen molar-refractivity contribution in [3.8, 4) is 16.9 Å². The molecule has 2 aromatic carbocycles. The number of methoxy groups -OCH3 is 1. The fourth-order valence-electron chi connectivity index (χ4n) is 2.78. The van der Waals surface area contributed by atoms with E-state index in [1.165, 1.54) is 0 Å². The van der Waals surface area contributed by atoms with E-state index in [1.807, 2.05) is 50.2 Å². The van der Waals surface area contributed by atoms with Crippen LogP contribution in [0, 0.1) is 6.92 Å². The number of benzene rings is 2. The zero-order chi connectivity index (χ0) is 15.7. The number of hydrogen-bond acceptors (Lipinski definition) is 3. The minimum atomic E-state index is 0.00213. The first-order valence-electron chi connectivity index (χ1n) is 7.35. The molecule has 0 saturated heterocycles. The van der Waals surface area contributed by atoms with Crippen molar-refractivity contribution in [2.45, 2.75) is 20.3 Å². The smallest absolute Gasteiger partial charge is 0.200 e. The van der Waals surface area contributed by atoms with Gasteiger partial charge >= 0.3 is 0 Å². The summed E-state index contributed by atoms with van der Waals surface area (Å²) in [5, 5.41) is 0.599. The van der Waals surface area contributed by atoms with Gasteiger partial charge in [-0.05, 0) is 30.5 Å². The molecule has 0 fully saturated rings. The van der Waals surface area contributed by atoms with Crippen LogP contribution < -0.4 is 10.2 Å². The number of rotatable bonds is 3. The lowest BCUT2D eigenvalue weighted by molar-refractivity contribution is 0.409. The van der Waals surface area contributed by atoms with Gasteiger partial charge in [0.15, 0.2) is 0 Å². The van der Waals surface area contributed by atoms with Gasteiger partial charge in [-0.25, -0.2) is 0 Å². The normalized spacial score (nSPS) is 10.9. The van der Waals surface area contributed by atoms with Crippen LogP contribution in [0.15, 0.2) is 51.7 Å². The first-order chi connectivity index (χ1) is 10.7. The SMILES string of the molecule is CCc1cc2c(=O)c(-c3ccccc3)c(C)oc2cc1OC. The van der Waals surface area contributed by atoms with Gasteiger partial charge in [0.1, 0.15) is 17.1 Å². The van der Waals surface area contributed by atoms with Gasteiger partial charge in [-0.1, -0.05) is 37.3 Å². The van der Waals surface area contributed by atoms with Crippen LogP contribution in [-0.4, -0.2) is 7.11 Å². The Morgan fingerprint density at radius 3 is 2.50 bits per heavy atom. The van der Waals surface area contributed by atoms with E-state index >= 15 is 0 Å². The Hall–Kier alpha value is -2.55. The van der Waals surface area contributed by atoms with Crippen molar-refractivity contribution >= 4 is 11.0 Å². The van der Waals surface area contributed by atoms with E-state index < -0.39 is 0 Å². The molecule has 0 atom stereocenters. The molecule has 0 N–H and O–H groups in total. The summed E-state index contributed by atoms with van der Waals surface area (Å²) in [6.45, 7) is 3.86. The summed E-state index contributed by atoms with van der Waals surface area (Å²) in [5.74, 6) is 1.38. The lowest BCUT2D eigenvalue weighted by atomic mass is 10.0. The molecule has 0 saturated carbocycles. The molecule has 3 rings (SSSR count). The number of aryl methyl sites for hydroxylation is 2. The first-order valence-corrected chi connectivity index (χ1v) is 7.35. The molecule has 0 amide bonds. The van der Waals surface area contributed by atoms with E-state index in [-0.39, 0.29) is 5.43 Å². The van der Waals surface area contributed by atoms with Gasteiger partial charge in [0, 0.05) is 6.07 Å². The third kappa shape index (κ3) is 2.29. The lowest BCUT2D eigenvalue weighted by Gasteiger charge is -2.11. The van der Waals surface area contributed by atoms with Crippen LogP contribution in [0.3, 0.4) is 0 Å². The maximum atomic E-state index is 12.9. The highest BCUT2D eigenvalue weighted by molar-refractivity contribution is 5.84. The summed E-state index contributed by atoms with van der Waals surface area (Å²) in [4.78, 5) is 12.9. The Labute approximate surface area is 129 Å². The number of fused-ring (bicyclic) bond motifs is 1. The van der Waals surface area contributed by atoms with Crippen molar-refractivity contribution in [1.29, 1.82) is 0 Å². The maximum absolute atomic E-state index is 12.9. The topological polar surface area (TPSA) is 39.4 Å². The van der Waals surface area contributed by atoms with Crippen molar-refractivity contribution in [1.82, 2.24) is 0 Å². The van der Waals surface area contributed by atoms with Gasteiger partial charge in [0.2, 0.25) is 5.43 Å². The van der Waals surface area contributed by atoms with Crippen LogP contribution >= 0.6 is 0 Å². The van der Waals surface area contributed by atoms with Crippen molar-refractivity contribution < 1.29 is 9.15 Å². The molecule has 0 aliphatic rings. The van der Waals surface area contributed by atoms with Crippen LogP contribution in [0.2, 0.25) is 0 Å². The quantitative estimate of drug-likeness (QED) is 0.721. The third-order valence-electron chi connectivity index (χ3n) is 3.91. The maximum Gasteiger partial charge on any atom is 0.200 e. The largest absolute Gasteiger partial charge is 0.496 e. The van der Waals surface area contributed by atoms with Crippen molar-refractivity contribution in [3.05, 3.63) is 64.0 Å². The number of ether oxygens (including phenoxy) is 1. The second-order valence-electron chi connectivity index (χ2n) is 5.24. The van der Waals surface area contributed by atoms with Crippen LogP contribution in [0.4, 0.5) is 0 Å². The van der Waals surface area contributed by atoms with Gasteiger partial charge in [0.25, 0.3) is 0 Å². The van der Waals surface area contributed by atoms with E-state index in [2.05, 4.69) is 0 Å². The molecule has 0 aliphatic carbocycles. The average molecular weight is 294 g/mol. The van der Waals surface area contributed by atoms with Gasteiger partial charge in [-0.3, -0.25) is 4.79 Å². The first kappa shape index (κ1) is 14.4. The van der Waals surface area contributed by atoms with Crippen LogP contribution in [0.25, 0.3) is 22.1 Å². The minimum absolute atomic E-state index is 0.00213. The van der Waals surface area contributed by atoms with Gasteiger partial charge in [-0.15, -0.1) is 0 Å². The highest BCUT2D eigenvalue weighted by Gasteiger charge is 2.15. The molecule has 0 aliphatic heterocycles. The molecule has 1 aromatic heterocycles. The van der Waals surface area contributed by atoms with Crippen molar-refractivity contribution in [3.63, 3.8) is 0 Å². The molecule has 0 spiro atoms. The lowest BCUT2D eigenvalue weighted by Crippen LogP contribution is -2.08. The molecule has 22 heavy (non-hydrogen) atoms. The van der Waals surface area contributed by atoms with Crippen molar-refractivity contribution in [2.75, 3.05) is 7.11 Å². The summed E-state index contributed by atoms with van der Waals surface area (Å²) in [6.07, 6.45) is 0.799. The van der Waals surface area contributed by atoms with E-state index in [0.29, 0.717) is 22.3 Å². The predicted molar refractivity (Wildman–Crippen MR) is 88.6 cm³/mol. The summed E-state index contributed by atoms with van der Waals surface area (Å²) in [5.41, 5.74) is 3.08. The molecule has 1 heterocycles. The average Bonchev–Trinajstić information content (AvgIpc) is 2.54. The van der Waals surface area contributed by atoms with Gasteiger partial charge in [0.05, 0.1) is 18.1 Å². The zero-order valence-corrected chi connectivity index (χ0v) is 13.0. The molecule has 112 valence electrons. The van der Waals surface area contributed by atoms with Crippen molar-refractivity contribution in [2.24, 2.45) is 0 Å². The highest BCUT2D eigenvalue weighted by Crippen LogP contribution is 2.29. The summed E-state index contributed by atoms with van der Waals surface area (Å²) < 4.78 is 11.3. The summed E-state index contributed by atoms with van der Waals surface area (Å²) in [7, 11) is 1.63. The van der Waals surface area contributed by atoms with Crippen LogP contribution in [-0.2, 0) is 6.42 Å². The van der Waals surface area contributed by atoms with Gasteiger partial charge < -0.3 is 9.15 Å². The van der Waals surface area contributed by atoms with E-state index in [0.717, 1.165) is 23.3 Å². The Bertz CT molecular complexity index is 877. The molecular weight excluding hydrogens is 276 g/mol. The Morgan fingerprint density at radius 1 is 1.14 bits per heavy atom. The monoisotopic (exact) mass is 294 g/mol. The Kier molecular flexibility index (Phi) is 3.72. The fraction of sp³-hybridized carbons (Fsp3) is 0.211.